The summed E-state index contributed by atoms with van der Waals surface area (Å²) in [6, 6.07) is 0. The summed E-state index contributed by atoms with van der Waals surface area (Å²) in [5.74, 6) is 0.652. The second kappa shape index (κ2) is 34.1. The van der Waals surface area contributed by atoms with Crippen LogP contribution in [-0.2, 0) is 14.3 Å². The van der Waals surface area contributed by atoms with Crippen LogP contribution in [0.4, 0.5) is 4.79 Å². The number of amides is 1. The molecule has 0 saturated heterocycles. The van der Waals surface area contributed by atoms with Crippen molar-refractivity contribution in [1.29, 1.82) is 0 Å². The Hall–Kier alpha value is -1.43. The molecule has 252 valence electrons. The number of nitrogens with two attached hydrogens (primary N) is 1. The van der Waals surface area contributed by atoms with Gasteiger partial charge >= 0.3 is 6.09 Å². The number of carbonyl (C=O) groups is 3. The Kier molecular flexibility index (Phi) is 36.5. The van der Waals surface area contributed by atoms with Gasteiger partial charge in [0, 0.05) is 19.4 Å². The highest BCUT2D eigenvalue weighted by atomic mass is 16.6. The zero-order chi connectivity index (χ0) is 31.0. The maximum atomic E-state index is 11.4. The van der Waals surface area contributed by atoms with Crippen LogP contribution in [0.1, 0.15) is 196 Å². The van der Waals surface area contributed by atoms with E-state index in [9.17, 15) is 14.4 Å². The molecule has 0 aromatic heterocycles. The number of Topliss-reactive ketones (excluding diaryl/α,β-unsaturated/α-hetero) is 2. The van der Waals surface area contributed by atoms with Gasteiger partial charge in [-0.05, 0) is 66.8 Å². The molecule has 0 atom stereocenters. The highest BCUT2D eigenvalue weighted by Crippen LogP contribution is 2.13. The lowest BCUT2D eigenvalue weighted by Gasteiger charge is -2.19. The van der Waals surface area contributed by atoms with Crippen molar-refractivity contribution in [1.82, 2.24) is 5.32 Å². The van der Waals surface area contributed by atoms with Gasteiger partial charge in [0.2, 0.25) is 0 Å². The van der Waals surface area contributed by atoms with E-state index in [-0.39, 0.29) is 13.5 Å². The maximum absolute atomic E-state index is 11.4. The molecule has 42 heavy (non-hydrogen) atoms. The first-order valence-electron chi connectivity index (χ1n) is 17.2. The lowest BCUT2D eigenvalue weighted by molar-refractivity contribution is -0.117. The molecule has 0 bridgehead atoms. The highest BCUT2D eigenvalue weighted by Gasteiger charge is 2.15. The van der Waals surface area contributed by atoms with E-state index in [1.807, 2.05) is 20.8 Å². The van der Waals surface area contributed by atoms with Crippen molar-refractivity contribution in [3.05, 3.63) is 0 Å². The first-order chi connectivity index (χ1) is 19.6. The van der Waals surface area contributed by atoms with E-state index in [2.05, 4.69) is 5.32 Å². The fraction of sp³-hybridized carbons (Fsp3) is 0.917. The molecular formula is C36H74N2O4. The van der Waals surface area contributed by atoms with Gasteiger partial charge in [0.25, 0.3) is 0 Å². The molecule has 0 aromatic carbocycles. The number of hydrogen-bond donors (Lipinski definition) is 2. The van der Waals surface area contributed by atoms with E-state index < -0.39 is 5.60 Å². The third-order valence-corrected chi connectivity index (χ3v) is 7.11. The van der Waals surface area contributed by atoms with Crippen LogP contribution < -0.4 is 11.1 Å². The molecule has 6 nitrogen and oxygen atoms in total. The van der Waals surface area contributed by atoms with Gasteiger partial charge in [-0.25, -0.2) is 4.79 Å². The number of carbonyl (C=O) groups excluding carboxylic acids is 3. The van der Waals surface area contributed by atoms with Crippen LogP contribution in [0.5, 0.6) is 0 Å². The Bertz CT molecular complexity index is 602. The Morgan fingerprint density at radius 2 is 0.810 bits per heavy atom. The average Bonchev–Trinajstić information content (AvgIpc) is 2.88. The predicted octanol–water partition coefficient (Wildman–Crippen LogP) is 10.6. The summed E-state index contributed by atoms with van der Waals surface area (Å²) in [5, 5.41) is 2.80. The van der Waals surface area contributed by atoms with Gasteiger partial charge in [0.1, 0.15) is 17.2 Å². The van der Waals surface area contributed by atoms with E-state index in [4.69, 9.17) is 10.5 Å². The molecule has 0 unspecified atom stereocenters. The van der Waals surface area contributed by atoms with E-state index in [1.165, 1.54) is 122 Å². The Balaban J connectivity index is -0.000000748. The number of ether oxygens (including phenoxy) is 1. The second-order valence-corrected chi connectivity index (χ2v) is 12.9. The van der Waals surface area contributed by atoms with Gasteiger partial charge in [-0.1, -0.05) is 123 Å². The lowest BCUT2D eigenvalue weighted by atomic mass is 10.0. The molecule has 0 saturated carbocycles. The Labute approximate surface area is 262 Å². The minimum atomic E-state index is -0.419. The Morgan fingerprint density at radius 1 is 0.524 bits per heavy atom. The van der Waals surface area contributed by atoms with Crippen LogP contribution in [0.15, 0.2) is 0 Å². The molecule has 0 radical (unpaired) electrons. The third kappa shape index (κ3) is 45.6. The standard InChI is InChI=1S/C20H39NO3.C15H31NO.CH4/c1-18(22)16-14-12-10-8-6-5-7-9-11-13-15-17-21-19(23)24-20(2,3)4;1-15(17)13-11-9-7-5-3-2-4-6-8-10-12-14-16;/h5-17H2,1-4H3,(H,21,23);2-14,16H2,1H3;1H4. The van der Waals surface area contributed by atoms with Crippen molar-refractivity contribution in [3.8, 4) is 0 Å². The van der Waals surface area contributed by atoms with Gasteiger partial charge in [-0.15, -0.1) is 0 Å². The number of rotatable bonds is 27. The van der Waals surface area contributed by atoms with Crippen molar-refractivity contribution < 1.29 is 19.1 Å². The first-order valence-corrected chi connectivity index (χ1v) is 17.2. The smallest absolute Gasteiger partial charge is 0.407 e. The highest BCUT2D eigenvalue weighted by molar-refractivity contribution is 5.75. The second-order valence-electron chi connectivity index (χ2n) is 12.9. The van der Waals surface area contributed by atoms with E-state index in [0.29, 0.717) is 18.1 Å². The summed E-state index contributed by atoms with van der Waals surface area (Å²) in [5.41, 5.74) is 5.03. The van der Waals surface area contributed by atoms with Gasteiger partial charge in [-0.3, -0.25) is 0 Å². The average molecular weight is 599 g/mol. The van der Waals surface area contributed by atoms with Crippen molar-refractivity contribution in [2.75, 3.05) is 13.1 Å². The monoisotopic (exact) mass is 599 g/mol. The molecule has 0 aliphatic heterocycles. The molecule has 6 heteroatoms. The number of nitrogens with one attached hydrogen (secondary N) is 1. The topological polar surface area (TPSA) is 98.5 Å². The first kappa shape index (κ1) is 45.0. The largest absolute Gasteiger partial charge is 0.444 e. The van der Waals surface area contributed by atoms with Gasteiger partial charge < -0.3 is 25.4 Å². The van der Waals surface area contributed by atoms with Gasteiger partial charge in [-0.2, -0.15) is 0 Å². The van der Waals surface area contributed by atoms with Crippen molar-refractivity contribution in [3.63, 3.8) is 0 Å². The third-order valence-electron chi connectivity index (χ3n) is 7.11. The molecular weight excluding hydrogens is 524 g/mol. The van der Waals surface area contributed by atoms with Crippen LogP contribution >= 0.6 is 0 Å². The fourth-order valence-corrected chi connectivity index (χ4v) is 4.70. The number of alkyl carbamates (subject to hydrolysis) is 1. The van der Waals surface area contributed by atoms with Crippen LogP contribution in [-0.4, -0.2) is 36.4 Å². The molecule has 0 spiro atoms. The molecule has 0 rings (SSSR count). The minimum Gasteiger partial charge on any atom is -0.444 e. The zero-order valence-corrected chi connectivity index (χ0v) is 28.1. The number of unbranched alkanes of at least 4 members (excludes halogenated alkanes) is 20. The maximum Gasteiger partial charge on any atom is 0.407 e. The summed E-state index contributed by atoms with van der Waals surface area (Å²) in [6.07, 6.45) is 29.1. The molecule has 0 aromatic rings. The zero-order valence-electron chi connectivity index (χ0n) is 28.1. The molecule has 0 aliphatic rings. The quantitative estimate of drug-likeness (QED) is 0.0916. The fourth-order valence-electron chi connectivity index (χ4n) is 4.70. The number of ketones is 2. The van der Waals surface area contributed by atoms with Gasteiger partial charge in [0.15, 0.2) is 0 Å². The normalized spacial score (nSPS) is 10.8. The Morgan fingerprint density at radius 3 is 1.10 bits per heavy atom. The van der Waals surface area contributed by atoms with E-state index in [1.54, 1.807) is 13.8 Å². The van der Waals surface area contributed by atoms with Crippen molar-refractivity contribution in [2.45, 2.75) is 202 Å². The summed E-state index contributed by atoms with van der Waals surface area (Å²) >= 11 is 0. The van der Waals surface area contributed by atoms with Crippen LogP contribution in [0.2, 0.25) is 0 Å². The van der Waals surface area contributed by atoms with Crippen LogP contribution in [0.25, 0.3) is 0 Å². The SMILES string of the molecule is C.CC(=O)CCCCCCCCCCCCCN.CC(=O)CCCCCCCCCCCCCNC(=O)OC(C)(C)C. The summed E-state index contributed by atoms with van der Waals surface area (Å²) in [7, 11) is 0. The molecule has 0 heterocycles. The van der Waals surface area contributed by atoms with Gasteiger partial charge in [0.05, 0.1) is 0 Å². The van der Waals surface area contributed by atoms with E-state index >= 15 is 0 Å². The number of hydrogen-bond acceptors (Lipinski definition) is 5. The molecule has 1 amide bonds. The molecule has 3 N–H and O–H groups in total. The van der Waals surface area contributed by atoms with E-state index in [0.717, 1.165) is 38.6 Å². The molecule has 0 aliphatic carbocycles. The van der Waals surface area contributed by atoms with Crippen molar-refractivity contribution >= 4 is 17.7 Å². The summed E-state index contributed by atoms with van der Waals surface area (Å²) in [4.78, 5) is 33.0. The van der Waals surface area contributed by atoms with Crippen LogP contribution in [0, 0.1) is 0 Å². The summed E-state index contributed by atoms with van der Waals surface area (Å²) < 4.78 is 5.19. The molecule has 0 fully saturated rings. The lowest BCUT2D eigenvalue weighted by Crippen LogP contribution is -2.32. The summed E-state index contributed by atoms with van der Waals surface area (Å²) in [6.45, 7) is 10.5. The van der Waals surface area contributed by atoms with Crippen LogP contribution in [0.3, 0.4) is 0 Å². The van der Waals surface area contributed by atoms with Crippen molar-refractivity contribution in [2.24, 2.45) is 5.73 Å². The predicted molar refractivity (Wildman–Crippen MR) is 182 cm³/mol. The minimum absolute atomic E-state index is 0.